The number of hydrogen-bond donors (Lipinski definition) is 1. The van der Waals surface area contributed by atoms with Crippen molar-refractivity contribution < 1.29 is 0 Å². The fourth-order valence-corrected chi connectivity index (χ4v) is 1.51. The summed E-state index contributed by atoms with van der Waals surface area (Å²) in [5, 5.41) is 3.17. The van der Waals surface area contributed by atoms with Crippen LogP contribution in [0.15, 0.2) is 23.1 Å². The summed E-state index contributed by atoms with van der Waals surface area (Å²) in [6.45, 7) is 7.09. The van der Waals surface area contributed by atoms with E-state index in [2.05, 4.69) is 26.1 Å². The maximum absolute atomic E-state index is 11.6. The molecule has 0 bridgehead atoms. The highest BCUT2D eigenvalue weighted by atomic mass is 16.1. The molecule has 1 N–H and O–H groups in total. The van der Waals surface area contributed by atoms with Crippen LogP contribution in [0.3, 0.4) is 0 Å². The van der Waals surface area contributed by atoms with Crippen LogP contribution in [0.4, 0.5) is 0 Å². The van der Waals surface area contributed by atoms with E-state index in [1.807, 2.05) is 19.3 Å². The van der Waals surface area contributed by atoms with Crippen molar-refractivity contribution in [3.8, 4) is 0 Å². The van der Waals surface area contributed by atoms with Crippen molar-refractivity contribution in [1.82, 2.24) is 9.88 Å². The van der Waals surface area contributed by atoms with E-state index in [0.29, 0.717) is 5.92 Å². The first-order chi connectivity index (χ1) is 7.04. The summed E-state index contributed by atoms with van der Waals surface area (Å²) in [7, 11) is 1.92. The average molecular weight is 208 g/mol. The molecular formula is C12H20N2O. The van der Waals surface area contributed by atoms with E-state index in [4.69, 9.17) is 0 Å². The Bertz CT molecular complexity index is 368. The Hall–Kier alpha value is -1.09. The largest absolute Gasteiger partial charge is 0.315 e. The van der Waals surface area contributed by atoms with Gasteiger partial charge in [-0.25, -0.2) is 0 Å². The molecule has 1 aromatic heterocycles. The van der Waals surface area contributed by atoms with Crippen molar-refractivity contribution in [3.63, 3.8) is 0 Å². The third kappa shape index (κ3) is 3.20. The zero-order valence-electron chi connectivity index (χ0n) is 9.95. The quantitative estimate of drug-likeness (QED) is 0.818. The topological polar surface area (TPSA) is 34.0 Å². The number of rotatable bonds is 4. The minimum atomic E-state index is 0.0794. The van der Waals surface area contributed by atoms with Crippen LogP contribution in [0.2, 0.25) is 0 Å². The van der Waals surface area contributed by atoms with E-state index in [1.165, 1.54) is 0 Å². The van der Waals surface area contributed by atoms with Gasteiger partial charge >= 0.3 is 0 Å². The summed E-state index contributed by atoms with van der Waals surface area (Å²) in [5.74, 6) is 0.489. The standard InChI is InChI=1S/C12H20N2O/c1-9(2)7-14-8-11(10(3)13-4)5-6-12(14)15/h5-6,8-10,13H,7H2,1-4H3. The smallest absolute Gasteiger partial charge is 0.250 e. The Morgan fingerprint density at radius 2 is 2.00 bits per heavy atom. The maximum atomic E-state index is 11.6. The second-order valence-corrected chi connectivity index (χ2v) is 4.36. The summed E-state index contributed by atoms with van der Waals surface area (Å²) in [4.78, 5) is 11.6. The first-order valence-corrected chi connectivity index (χ1v) is 5.42. The predicted molar refractivity (Wildman–Crippen MR) is 63.0 cm³/mol. The van der Waals surface area contributed by atoms with Crippen molar-refractivity contribution in [2.24, 2.45) is 5.92 Å². The SMILES string of the molecule is CNC(C)c1ccc(=O)n(CC(C)C)c1. The highest BCUT2D eigenvalue weighted by Crippen LogP contribution is 2.09. The van der Waals surface area contributed by atoms with Gasteiger partial charge in [-0.05, 0) is 25.5 Å². The van der Waals surface area contributed by atoms with Crippen LogP contribution in [-0.4, -0.2) is 11.6 Å². The minimum absolute atomic E-state index is 0.0794. The summed E-state index contributed by atoms with van der Waals surface area (Å²) < 4.78 is 1.79. The Morgan fingerprint density at radius 1 is 1.33 bits per heavy atom. The number of pyridine rings is 1. The lowest BCUT2D eigenvalue weighted by Crippen LogP contribution is -2.23. The Morgan fingerprint density at radius 3 is 2.53 bits per heavy atom. The van der Waals surface area contributed by atoms with Gasteiger partial charge in [0.2, 0.25) is 0 Å². The van der Waals surface area contributed by atoms with Crippen molar-refractivity contribution in [3.05, 3.63) is 34.2 Å². The highest BCUT2D eigenvalue weighted by Gasteiger charge is 2.05. The molecule has 0 amide bonds. The van der Waals surface area contributed by atoms with Gasteiger partial charge in [0, 0.05) is 24.8 Å². The second kappa shape index (κ2) is 5.12. The molecule has 3 heteroatoms. The van der Waals surface area contributed by atoms with Crippen LogP contribution in [0, 0.1) is 5.92 Å². The summed E-state index contributed by atoms with van der Waals surface area (Å²) in [6.07, 6.45) is 1.95. The average Bonchev–Trinajstić information content (AvgIpc) is 2.19. The fraction of sp³-hybridized carbons (Fsp3) is 0.583. The van der Waals surface area contributed by atoms with E-state index in [-0.39, 0.29) is 11.6 Å². The lowest BCUT2D eigenvalue weighted by molar-refractivity contribution is 0.505. The summed E-state index contributed by atoms with van der Waals surface area (Å²) in [5.41, 5.74) is 1.23. The fourth-order valence-electron chi connectivity index (χ4n) is 1.51. The van der Waals surface area contributed by atoms with Crippen LogP contribution < -0.4 is 10.9 Å². The molecule has 0 saturated heterocycles. The summed E-state index contributed by atoms with van der Waals surface area (Å²) in [6, 6.07) is 3.82. The second-order valence-electron chi connectivity index (χ2n) is 4.36. The maximum Gasteiger partial charge on any atom is 0.250 e. The van der Waals surface area contributed by atoms with Crippen molar-refractivity contribution in [1.29, 1.82) is 0 Å². The zero-order valence-corrected chi connectivity index (χ0v) is 9.95. The Balaban J connectivity index is 3.00. The van der Waals surface area contributed by atoms with Gasteiger partial charge in [-0.15, -0.1) is 0 Å². The molecule has 0 spiro atoms. The molecule has 1 aromatic rings. The molecule has 0 aliphatic rings. The van der Waals surface area contributed by atoms with Crippen molar-refractivity contribution in [2.75, 3.05) is 7.05 Å². The normalized spacial score (nSPS) is 13.1. The molecule has 1 unspecified atom stereocenters. The molecule has 0 aliphatic heterocycles. The molecule has 0 fully saturated rings. The van der Waals surface area contributed by atoms with E-state index in [0.717, 1.165) is 12.1 Å². The van der Waals surface area contributed by atoms with Gasteiger partial charge in [0.05, 0.1) is 0 Å². The monoisotopic (exact) mass is 208 g/mol. The number of aromatic nitrogens is 1. The van der Waals surface area contributed by atoms with Gasteiger partial charge in [-0.2, -0.15) is 0 Å². The highest BCUT2D eigenvalue weighted by molar-refractivity contribution is 5.14. The van der Waals surface area contributed by atoms with Crippen molar-refractivity contribution in [2.45, 2.75) is 33.4 Å². The number of hydrogen-bond acceptors (Lipinski definition) is 2. The zero-order chi connectivity index (χ0) is 11.4. The third-order valence-corrected chi connectivity index (χ3v) is 2.50. The molecule has 0 radical (unpaired) electrons. The van der Waals surface area contributed by atoms with Gasteiger partial charge in [-0.1, -0.05) is 19.9 Å². The van der Waals surface area contributed by atoms with Crippen LogP contribution in [0.5, 0.6) is 0 Å². The van der Waals surface area contributed by atoms with E-state index >= 15 is 0 Å². The van der Waals surface area contributed by atoms with Gasteiger partial charge in [0.1, 0.15) is 0 Å². The van der Waals surface area contributed by atoms with Gasteiger partial charge in [-0.3, -0.25) is 4.79 Å². The molecule has 15 heavy (non-hydrogen) atoms. The number of nitrogens with zero attached hydrogens (tertiary/aromatic N) is 1. The van der Waals surface area contributed by atoms with Crippen LogP contribution in [0.1, 0.15) is 32.4 Å². The minimum Gasteiger partial charge on any atom is -0.315 e. The van der Waals surface area contributed by atoms with E-state index in [9.17, 15) is 4.79 Å². The lowest BCUT2D eigenvalue weighted by atomic mass is 10.1. The molecular weight excluding hydrogens is 188 g/mol. The molecule has 1 rings (SSSR count). The first kappa shape index (κ1) is 12.0. The Labute approximate surface area is 91.1 Å². The van der Waals surface area contributed by atoms with E-state index in [1.54, 1.807) is 10.6 Å². The van der Waals surface area contributed by atoms with Crippen LogP contribution in [0.25, 0.3) is 0 Å². The molecule has 1 heterocycles. The molecule has 0 aromatic carbocycles. The van der Waals surface area contributed by atoms with Gasteiger partial charge in [0.25, 0.3) is 5.56 Å². The molecule has 0 saturated carbocycles. The third-order valence-electron chi connectivity index (χ3n) is 2.50. The predicted octanol–water partition coefficient (Wildman–Crippen LogP) is 1.78. The Kier molecular flexibility index (Phi) is 4.09. The molecule has 84 valence electrons. The molecule has 3 nitrogen and oxygen atoms in total. The molecule has 0 aliphatic carbocycles. The molecule has 1 atom stereocenters. The number of nitrogens with one attached hydrogen (secondary N) is 1. The van der Waals surface area contributed by atoms with Gasteiger partial charge < -0.3 is 9.88 Å². The van der Waals surface area contributed by atoms with Crippen molar-refractivity contribution >= 4 is 0 Å². The summed E-state index contributed by atoms with van der Waals surface area (Å²) >= 11 is 0. The van der Waals surface area contributed by atoms with E-state index < -0.39 is 0 Å². The lowest BCUT2D eigenvalue weighted by Gasteiger charge is -2.14. The van der Waals surface area contributed by atoms with Gasteiger partial charge in [0.15, 0.2) is 0 Å². The van der Waals surface area contributed by atoms with Crippen LogP contribution in [-0.2, 0) is 6.54 Å². The first-order valence-electron chi connectivity index (χ1n) is 5.42. The van der Waals surface area contributed by atoms with Crippen LogP contribution >= 0.6 is 0 Å².